The molecule has 112 valence electrons. The zero-order chi connectivity index (χ0) is 14.9. The van der Waals surface area contributed by atoms with E-state index in [1.54, 1.807) is 0 Å². The number of rotatable bonds is 2. The van der Waals surface area contributed by atoms with Crippen LogP contribution in [0.5, 0.6) is 0 Å². The summed E-state index contributed by atoms with van der Waals surface area (Å²) in [5, 5.41) is 21.5. The van der Waals surface area contributed by atoms with Gasteiger partial charge in [0, 0.05) is 0 Å². The van der Waals surface area contributed by atoms with Crippen LogP contribution in [-0.4, -0.2) is 10.7 Å². The van der Waals surface area contributed by atoms with Crippen molar-refractivity contribution in [2.75, 3.05) is 0 Å². The third kappa shape index (κ3) is 2.19. The number of hydrogen-bond donors (Lipinski definition) is 1. The Morgan fingerprint density at radius 1 is 1.24 bits per heavy atom. The molecule has 1 saturated carbocycles. The van der Waals surface area contributed by atoms with Crippen LogP contribution in [-0.2, 0) is 12.8 Å². The molecule has 1 fully saturated rings. The first kappa shape index (κ1) is 14.6. The maximum absolute atomic E-state index is 11.5. The lowest BCUT2D eigenvalue weighted by molar-refractivity contribution is -0.130. The minimum atomic E-state index is -0.803. The largest absolute Gasteiger partial charge is 0.388 e. The molecule has 2 heteroatoms. The van der Waals surface area contributed by atoms with Gasteiger partial charge in [0.15, 0.2) is 0 Å². The van der Waals surface area contributed by atoms with Gasteiger partial charge < -0.3 is 5.11 Å². The number of fused-ring (bicyclic) bond motifs is 1. The Morgan fingerprint density at radius 2 is 2.00 bits per heavy atom. The van der Waals surface area contributed by atoms with E-state index in [-0.39, 0.29) is 5.92 Å². The van der Waals surface area contributed by atoms with Crippen LogP contribution in [0, 0.1) is 22.7 Å². The zero-order valence-electron chi connectivity index (χ0n) is 12.9. The third-order valence-corrected chi connectivity index (χ3v) is 6.00. The fourth-order valence-corrected chi connectivity index (χ4v) is 4.70. The van der Waals surface area contributed by atoms with E-state index in [9.17, 15) is 10.4 Å². The molecule has 3 unspecified atom stereocenters. The lowest BCUT2D eigenvalue weighted by Crippen LogP contribution is -2.56. The molecule has 0 heterocycles. The van der Waals surface area contributed by atoms with Crippen molar-refractivity contribution in [1.29, 1.82) is 5.26 Å². The molecule has 0 amide bonds. The van der Waals surface area contributed by atoms with Gasteiger partial charge in [-0.3, -0.25) is 0 Å². The van der Waals surface area contributed by atoms with Crippen molar-refractivity contribution in [2.24, 2.45) is 11.3 Å². The molecule has 0 aliphatic heterocycles. The lowest BCUT2D eigenvalue weighted by atomic mass is 9.54. The number of nitriles is 1. The summed E-state index contributed by atoms with van der Waals surface area (Å²) in [6.07, 6.45) is 7.51. The molecular formula is C19H25NO. The molecule has 2 aliphatic rings. The summed E-state index contributed by atoms with van der Waals surface area (Å²) < 4.78 is 0. The summed E-state index contributed by atoms with van der Waals surface area (Å²) in [6.45, 7) is 2.16. The van der Waals surface area contributed by atoms with Crippen molar-refractivity contribution in [3.8, 4) is 6.07 Å². The van der Waals surface area contributed by atoms with E-state index in [1.807, 2.05) is 0 Å². The van der Waals surface area contributed by atoms with Gasteiger partial charge in [-0.05, 0) is 49.1 Å². The van der Waals surface area contributed by atoms with Crippen molar-refractivity contribution in [1.82, 2.24) is 0 Å². The SMILES string of the molecule is CCC1CCCCC1(O)C1(C#N)CCc2ccccc2C1. The normalized spacial score (nSPS) is 35.8. The predicted molar refractivity (Wildman–Crippen MR) is 83.7 cm³/mol. The first-order valence-electron chi connectivity index (χ1n) is 8.35. The van der Waals surface area contributed by atoms with Crippen molar-refractivity contribution in [3.63, 3.8) is 0 Å². The minimum absolute atomic E-state index is 0.274. The summed E-state index contributed by atoms with van der Waals surface area (Å²) in [5.74, 6) is 0.274. The van der Waals surface area contributed by atoms with Crippen molar-refractivity contribution in [3.05, 3.63) is 35.4 Å². The van der Waals surface area contributed by atoms with E-state index in [0.29, 0.717) is 6.42 Å². The highest BCUT2D eigenvalue weighted by molar-refractivity contribution is 5.35. The standard InChI is InChI=1S/C19H25NO/c1-2-17-9-5-6-11-19(17,21)18(14-20)12-10-15-7-3-4-8-16(15)13-18/h3-4,7-8,17,21H,2,5-6,9-13H2,1H3. The number of benzene rings is 1. The fourth-order valence-electron chi connectivity index (χ4n) is 4.70. The molecule has 0 radical (unpaired) electrons. The Balaban J connectivity index is 2.00. The first-order chi connectivity index (χ1) is 10.1. The predicted octanol–water partition coefficient (Wildman–Crippen LogP) is 4.02. The van der Waals surface area contributed by atoms with Gasteiger partial charge in [0.2, 0.25) is 0 Å². The highest BCUT2D eigenvalue weighted by atomic mass is 16.3. The fraction of sp³-hybridized carbons (Fsp3) is 0.632. The van der Waals surface area contributed by atoms with Crippen LogP contribution in [0.2, 0.25) is 0 Å². The van der Waals surface area contributed by atoms with Crippen LogP contribution in [0.3, 0.4) is 0 Å². The van der Waals surface area contributed by atoms with E-state index in [1.165, 1.54) is 17.5 Å². The summed E-state index contributed by atoms with van der Waals surface area (Å²) >= 11 is 0. The minimum Gasteiger partial charge on any atom is -0.388 e. The van der Waals surface area contributed by atoms with Gasteiger partial charge in [-0.1, -0.05) is 50.5 Å². The van der Waals surface area contributed by atoms with Gasteiger partial charge in [-0.15, -0.1) is 0 Å². The van der Waals surface area contributed by atoms with Gasteiger partial charge in [0.1, 0.15) is 0 Å². The average molecular weight is 283 g/mol. The molecule has 0 saturated heterocycles. The highest BCUT2D eigenvalue weighted by Crippen LogP contribution is 2.52. The Bertz CT molecular complexity index is 561. The Labute approximate surface area is 127 Å². The second-order valence-electron chi connectivity index (χ2n) is 6.91. The maximum Gasteiger partial charge on any atom is 0.0906 e. The Morgan fingerprint density at radius 3 is 2.71 bits per heavy atom. The Kier molecular flexibility index (Phi) is 3.80. The number of aryl methyl sites for hydroxylation is 1. The van der Waals surface area contributed by atoms with Crippen LogP contribution in [0.4, 0.5) is 0 Å². The van der Waals surface area contributed by atoms with Gasteiger partial charge in [0.25, 0.3) is 0 Å². The summed E-state index contributed by atoms with van der Waals surface area (Å²) in [6, 6.07) is 11.0. The van der Waals surface area contributed by atoms with E-state index >= 15 is 0 Å². The van der Waals surface area contributed by atoms with Crippen molar-refractivity contribution >= 4 is 0 Å². The lowest BCUT2D eigenvalue weighted by Gasteiger charge is -2.51. The molecule has 1 aromatic carbocycles. The molecule has 2 aliphatic carbocycles. The van der Waals surface area contributed by atoms with Crippen LogP contribution in [0.15, 0.2) is 24.3 Å². The van der Waals surface area contributed by atoms with Crippen LogP contribution < -0.4 is 0 Å². The maximum atomic E-state index is 11.5. The molecule has 1 N–H and O–H groups in total. The van der Waals surface area contributed by atoms with Crippen LogP contribution in [0.1, 0.15) is 56.6 Å². The van der Waals surface area contributed by atoms with Gasteiger partial charge >= 0.3 is 0 Å². The third-order valence-electron chi connectivity index (χ3n) is 6.00. The Hall–Kier alpha value is -1.33. The summed E-state index contributed by atoms with van der Waals surface area (Å²) in [4.78, 5) is 0. The molecule has 0 spiro atoms. The number of hydrogen-bond acceptors (Lipinski definition) is 2. The monoisotopic (exact) mass is 283 g/mol. The second kappa shape index (κ2) is 5.46. The van der Waals surface area contributed by atoms with Gasteiger partial charge in [-0.2, -0.15) is 5.26 Å². The molecule has 3 rings (SSSR count). The van der Waals surface area contributed by atoms with E-state index < -0.39 is 11.0 Å². The van der Waals surface area contributed by atoms with Crippen LogP contribution in [0.25, 0.3) is 0 Å². The number of nitrogens with zero attached hydrogens (tertiary/aromatic N) is 1. The van der Waals surface area contributed by atoms with E-state index in [2.05, 4.69) is 37.3 Å². The topological polar surface area (TPSA) is 44.0 Å². The smallest absolute Gasteiger partial charge is 0.0906 e. The van der Waals surface area contributed by atoms with Gasteiger partial charge in [-0.25, -0.2) is 0 Å². The van der Waals surface area contributed by atoms with Crippen molar-refractivity contribution in [2.45, 2.75) is 63.9 Å². The summed E-state index contributed by atoms with van der Waals surface area (Å²) in [5.41, 5.74) is 1.22. The zero-order valence-corrected chi connectivity index (χ0v) is 12.9. The van der Waals surface area contributed by atoms with Crippen molar-refractivity contribution < 1.29 is 5.11 Å². The van der Waals surface area contributed by atoms with E-state index in [4.69, 9.17) is 0 Å². The van der Waals surface area contributed by atoms with E-state index in [0.717, 1.165) is 38.5 Å². The quantitative estimate of drug-likeness (QED) is 0.891. The molecule has 21 heavy (non-hydrogen) atoms. The molecule has 0 bridgehead atoms. The first-order valence-corrected chi connectivity index (χ1v) is 8.35. The molecule has 2 nitrogen and oxygen atoms in total. The average Bonchev–Trinajstić information content (AvgIpc) is 2.54. The second-order valence-corrected chi connectivity index (χ2v) is 6.91. The molecule has 0 aromatic heterocycles. The summed E-state index contributed by atoms with van der Waals surface area (Å²) in [7, 11) is 0. The molecule has 3 atom stereocenters. The number of aliphatic hydroxyl groups is 1. The highest BCUT2D eigenvalue weighted by Gasteiger charge is 2.56. The van der Waals surface area contributed by atoms with Crippen LogP contribution >= 0.6 is 0 Å². The molecule has 1 aromatic rings. The van der Waals surface area contributed by atoms with Gasteiger partial charge in [0.05, 0.1) is 17.1 Å². The molecular weight excluding hydrogens is 258 g/mol.